The van der Waals surface area contributed by atoms with Gasteiger partial charge in [0.15, 0.2) is 0 Å². The van der Waals surface area contributed by atoms with Crippen LogP contribution in [0.25, 0.3) is 43.1 Å². The third kappa shape index (κ3) is 1.92. The van der Waals surface area contributed by atoms with Crippen LogP contribution in [0, 0.1) is 0 Å². The molecule has 0 saturated carbocycles. The first kappa shape index (κ1) is 14.5. The lowest BCUT2D eigenvalue weighted by atomic mass is 10.0. The minimum Gasteiger partial charge on any atom is -0.386 e. The highest BCUT2D eigenvalue weighted by Crippen LogP contribution is 2.22. The second-order valence-corrected chi connectivity index (χ2v) is 6.07. The van der Waals surface area contributed by atoms with Gasteiger partial charge in [0.2, 0.25) is 0 Å². The summed E-state index contributed by atoms with van der Waals surface area (Å²) in [5.41, 5.74) is -2.64. The molecule has 0 amide bonds. The van der Waals surface area contributed by atoms with E-state index in [0.717, 1.165) is 21.5 Å². The maximum atomic E-state index is 11.7. The molecule has 124 valence electrons. The first-order valence-electron chi connectivity index (χ1n) is 7.76. The lowest BCUT2D eigenvalue weighted by Gasteiger charge is -1.98. The molecule has 0 aliphatic heterocycles. The Balaban J connectivity index is 1.95. The predicted molar refractivity (Wildman–Crippen MR) is 97.3 cm³/mol. The zero-order valence-electron chi connectivity index (χ0n) is 13.1. The number of hydrogen-bond donors (Lipinski definition) is 0. The molecule has 26 heavy (non-hydrogen) atoms. The summed E-state index contributed by atoms with van der Waals surface area (Å²) in [5.74, 6) is 0. The van der Waals surface area contributed by atoms with Gasteiger partial charge in [0.05, 0.1) is 21.5 Å². The van der Waals surface area contributed by atoms with Gasteiger partial charge in [0.25, 0.3) is 0 Å². The van der Waals surface area contributed by atoms with Gasteiger partial charge in [-0.3, -0.25) is 0 Å². The van der Waals surface area contributed by atoms with E-state index < -0.39 is 22.5 Å². The summed E-state index contributed by atoms with van der Waals surface area (Å²) in [5, 5.41) is 3.86. The van der Waals surface area contributed by atoms with Crippen molar-refractivity contribution in [2.75, 3.05) is 0 Å². The van der Waals surface area contributed by atoms with Gasteiger partial charge < -0.3 is 8.83 Å². The van der Waals surface area contributed by atoms with Gasteiger partial charge in [0.1, 0.15) is 0 Å². The van der Waals surface area contributed by atoms with E-state index in [4.69, 9.17) is 0 Å². The van der Waals surface area contributed by atoms with E-state index in [1.807, 2.05) is 0 Å². The van der Waals surface area contributed by atoms with Crippen molar-refractivity contribution in [1.82, 2.24) is 0 Å². The third-order valence-electron chi connectivity index (χ3n) is 4.58. The Bertz CT molecular complexity index is 1370. The van der Waals surface area contributed by atoms with E-state index in [1.165, 1.54) is 0 Å². The zero-order chi connectivity index (χ0) is 18.0. The maximum Gasteiger partial charge on any atom is 0.346 e. The Morgan fingerprint density at radius 2 is 0.654 bits per heavy atom. The molecule has 6 nitrogen and oxygen atoms in total. The molecule has 0 unspecified atom stereocenters. The summed E-state index contributed by atoms with van der Waals surface area (Å²) in [4.78, 5) is 47.0. The average Bonchev–Trinajstić information content (AvgIpc) is 3.03. The molecular weight excluding hydrogens is 336 g/mol. The molecule has 0 bridgehead atoms. The van der Waals surface area contributed by atoms with Gasteiger partial charge in [0, 0.05) is 0 Å². The van der Waals surface area contributed by atoms with Crippen LogP contribution >= 0.6 is 0 Å². The van der Waals surface area contributed by atoms with Gasteiger partial charge in [-0.05, 0) is 45.8 Å². The van der Waals surface area contributed by atoms with Crippen molar-refractivity contribution in [2.45, 2.75) is 0 Å². The van der Waals surface area contributed by atoms with Crippen molar-refractivity contribution in [3.05, 3.63) is 90.2 Å². The Morgan fingerprint density at radius 3 is 0.885 bits per heavy atom. The Kier molecular flexibility index (Phi) is 2.72. The average molecular weight is 344 g/mol. The number of benzene rings is 2. The van der Waals surface area contributed by atoms with Gasteiger partial charge in [-0.1, -0.05) is 24.3 Å². The molecule has 2 aromatic heterocycles. The molecule has 0 saturated heterocycles. The highest BCUT2D eigenvalue weighted by atomic mass is 16.4. The SMILES string of the molecule is O=c1oc(=O)c2cc3ccc4cc5c(=O)oc(=O)c5cc4ccc3cc12. The van der Waals surface area contributed by atoms with Crippen LogP contribution < -0.4 is 22.5 Å². The fraction of sp³-hybridized carbons (Fsp3) is 0. The van der Waals surface area contributed by atoms with Gasteiger partial charge in [-0.2, -0.15) is 0 Å². The second-order valence-electron chi connectivity index (χ2n) is 6.07. The van der Waals surface area contributed by atoms with Crippen LogP contribution in [0.5, 0.6) is 0 Å². The fourth-order valence-corrected chi connectivity index (χ4v) is 3.27. The molecule has 0 atom stereocenters. The molecule has 0 aliphatic rings. The normalized spacial score (nSPS) is 11.7. The minimum absolute atomic E-state index is 0.232. The lowest BCUT2D eigenvalue weighted by molar-refractivity contribution is 0.499. The Hall–Kier alpha value is -3.80. The third-order valence-corrected chi connectivity index (χ3v) is 4.58. The topological polar surface area (TPSA) is 94.6 Å². The van der Waals surface area contributed by atoms with E-state index in [9.17, 15) is 19.2 Å². The molecule has 2 heterocycles. The quantitative estimate of drug-likeness (QED) is 0.428. The minimum atomic E-state index is -0.660. The van der Waals surface area contributed by atoms with Crippen molar-refractivity contribution in [2.24, 2.45) is 0 Å². The van der Waals surface area contributed by atoms with Crippen molar-refractivity contribution in [1.29, 1.82) is 0 Å². The molecule has 0 aliphatic carbocycles. The summed E-state index contributed by atoms with van der Waals surface area (Å²) >= 11 is 0. The van der Waals surface area contributed by atoms with Gasteiger partial charge >= 0.3 is 22.5 Å². The monoisotopic (exact) mass is 344 g/mol. The molecule has 3 aromatic carbocycles. The van der Waals surface area contributed by atoms with Crippen LogP contribution in [0.3, 0.4) is 0 Å². The van der Waals surface area contributed by atoms with Crippen LogP contribution in [0.4, 0.5) is 0 Å². The van der Waals surface area contributed by atoms with Gasteiger partial charge in [-0.25, -0.2) is 19.2 Å². The first-order valence-corrected chi connectivity index (χ1v) is 7.76. The Labute approximate surface area is 142 Å². The van der Waals surface area contributed by atoms with E-state index >= 15 is 0 Å². The van der Waals surface area contributed by atoms with E-state index in [1.54, 1.807) is 48.5 Å². The molecular formula is C20H8O6. The van der Waals surface area contributed by atoms with E-state index in [-0.39, 0.29) is 21.5 Å². The summed E-state index contributed by atoms with van der Waals surface area (Å²) in [7, 11) is 0. The molecule has 5 rings (SSSR count). The van der Waals surface area contributed by atoms with Crippen molar-refractivity contribution < 1.29 is 8.83 Å². The van der Waals surface area contributed by atoms with Crippen LogP contribution in [-0.2, 0) is 0 Å². The predicted octanol–water partition coefficient (Wildman–Crippen LogP) is 2.36. The van der Waals surface area contributed by atoms with Crippen LogP contribution in [0.1, 0.15) is 0 Å². The number of rotatable bonds is 0. The van der Waals surface area contributed by atoms with E-state index in [0.29, 0.717) is 0 Å². The smallest absolute Gasteiger partial charge is 0.346 e. The van der Waals surface area contributed by atoms with Gasteiger partial charge in [-0.15, -0.1) is 0 Å². The van der Waals surface area contributed by atoms with Crippen LogP contribution in [0.2, 0.25) is 0 Å². The standard InChI is InChI=1S/C20H8O6/c21-17-13-5-9-1-2-10-6-14-16(20(24)26-18(14)22)8-12(10)4-3-11(9)7-15(13)19(23)25-17/h1-8H. The molecule has 0 spiro atoms. The van der Waals surface area contributed by atoms with Crippen LogP contribution in [0.15, 0.2) is 76.5 Å². The molecule has 0 fully saturated rings. The number of furan rings is 2. The molecule has 5 aromatic rings. The zero-order valence-corrected chi connectivity index (χ0v) is 13.1. The molecule has 6 heteroatoms. The summed E-state index contributed by atoms with van der Waals surface area (Å²) in [6.45, 7) is 0. The van der Waals surface area contributed by atoms with Crippen LogP contribution in [-0.4, -0.2) is 0 Å². The highest BCUT2D eigenvalue weighted by Gasteiger charge is 2.11. The van der Waals surface area contributed by atoms with E-state index in [2.05, 4.69) is 8.83 Å². The largest absolute Gasteiger partial charge is 0.386 e. The summed E-state index contributed by atoms with van der Waals surface area (Å²) < 4.78 is 9.28. The maximum absolute atomic E-state index is 11.7. The van der Waals surface area contributed by atoms with Crippen molar-refractivity contribution in [3.8, 4) is 0 Å². The van der Waals surface area contributed by atoms with Crippen molar-refractivity contribution >= 4 is 43.1 Å². The second kappa shape index (κ2) is 4.86. The Morgan fingerprint density at radius 1 is 0.423 bits per heavy atom. The summed E-state index contributed by atoms with van der Waals surface area (Å²) in [6, 6.07) is 13.5. The summed E-state index contributed by atoms with van der Waals surface area (Å²) in [6.07, 6.45) is 0. The molecule has 0 radical (unpaired) electrons. The number of hydrogen-bond acceptors (Lipinski definition) is 6. The molecule has 0 N–H and O–H groups in total. The van der Waals surface area contributed by atoms with Crippen molar-refractivity contribution in [3.63, 3.8) is 0 Å². The number of fused-ring (bicyclic) bond motifs is 4. The first-order chi connectivity index (χ1) is 12.5. The highest BCUT2D eigenvalue weighted by molar-refractivity contribution is 6.01. The fourth-order valence-electron chi connectivity index (χ4n) is 3.27. The lowest BCUT2D eigenvalue weighted by Crippen LogP contribution is -1.94.